The zero-order valence-electron chi connectivity index (χ0n) is 22.3. The average Bonchev–Trinajstić information content (AvgIpc) is 2.92. The number of aromatic nitrogens is 3. The minimum Gasteiger partial charge on any atom is -0.385 e. The number of unbranched alkanes of at least 4 members (excludes halogenated alkanes) is 7. The molecule has 0 fully saturated rings. The molecule has 4 rings (SSSR count). The van der Waals surface area contributed by atoms with Gasteiger partial charge in [0.2, 0.25) is 0 Å². The first-order chi connectivity index (χ1) is 18.5. The molecule has 0 amide bonds. The molecule has 3 aromatic heterocycles. The summed E-state index contributed by atoms with van der Waals surface area (Å²) in [5, 5.41) is 4.24. The molecule has 7 nitrogen and oxygen atoms in total. The minimum atomic E-state index is -3.77. The fourth-order valence-corrected chi connectivity index (χ4v) is 5.41. The van der Waals surface area contributed by atoms with E-state index in [2.05, 4.69) is 31.9 Å². The molecule has 0 saturated carbocycles. The largest absolute Gasteiger partial charge is 0.385 e. The number of hydrogen-bond acceptors (Lipinski definition) is 6. The fourth-order valence-electron chi connectivity index (χ4n) is 4.41. The maximum atomic E-state index is 13.0. The summed E-state index contributed by atoms with van der Waals surface area (Å²) >= 11 is 0. The number of sulfonamides is 1. The smallest absolute Gasteiger partial charge is 0.263 e. The molecule has 0 bridgehead atoms. The van der Waals surface area contributed by atoms with Crippen LogP contribution in [0.5, 0.6) is 0 Å². The standard InChI is InChI=1S/C30H37N5O2S/c1-3-4-5-6-7-8-9-10-19-31-25-14-16-26(17-15-25)38(36,37)35-29-18-13-24-21-27(33-22-28(24)34-29)30-23(2)12-11-20-32-30/h11-18,20-22,31H,3-10,19H2,1-2H3,(H,34,35). The predicted molar refractivity (Wildman–Crippen MR) is 156 cm³/mol. The molecule has 0 aliphatic rings. The summed E-state index contributed by atoms with van der Waals surface area (Å²) in [7, 11) is -3.77. The molecule has 1 aromatic carbocycles. The molecule has 2 N–H and O–H groups in total. The second kappa shape index (κ2) is 13.3. The van der Waals surface area contributed by atoms with Crippen LogP contribution < -0.4 is 10.0 Å². The van der Waals surface area contributed by atoms with Crippen LogP contribution in [0, 0.1) is 6.92 Å². The highest BCUT2D eigenvalue weighted by molar-refractivity contribution is 7.92. The van der Waals surface area contributed by atoms with Gasteiger partial charge in [0.25, 0.3) is 10.0 Å². The van der Waals surface area contributed by atoms with Crippen LogP contribution in [0.4, 0.5) is 11.5 Å². The van der Waals surface area contributed by atoms with Crippen molar-refractivity contribution in [2.45, 2.75) is 70.1 Å². The summed E-state index contributed by atoms with van der Waals surface area (Å²) < 4.78 is 28.5. The van der Waals surface area contributed by atoms with Crippen molar-refractivity contribution < 1.29 is 8.42 Å². The van der Waals surface area contributed by atoms with Gasteiger partial charge < -0.3 is 5.32 Å². The van der Waals surface area contributed by atoms with E-state index in [9.17, 15) is 8.42 Å². The molecule has 0 atom stereocenters. The average molecular weight is 532 g/mol. The molecule has 0 aliphatic carbocycles. The van der Waals surface area contributed by atoms with Crippen LogP contribution in [0.15, 0.2) is 71.9 Å². The molecule has 0 saturated heterocycles. The van der Waals surface area contributed by atoms with Crippen molar-refractivity contribution in [2.75, 3.05) is 16.6 Å². The van der Waals surface area contributed by atoms with Gasteiger partial charge in [-0.25, -0.2) is 13.4 Å². The molecule has 0 unspecified atom stereocenters. The number of rotatable bonds is 14. The van der Waals surface area contributed by atoms with Crippen molar-refractivity contribution in [3.63, 3.8) is 0 Å². The first-order valence-electron chi connectivity index (χ1n) is 13.5. The lowest BCUT2D eigenvalue weighted by Crippen LogP contribution is -2.14. The fraction of sp³-hybridized carbons (Fsp3) is 0.367. The topological polar surface area (TPSA) is 96.9 Å². The van der Waals surface area contributed by atoms with E-state index in [1.807, 2.05) is 31.2 Å². The maximum absolute atomic E-state index is 13.0. The van der Waals surface area contributed by atoms with Crippen molar-refractivity contribution in [1.29, 1.82) is 0 Å². The molecule has 0 radical (unpaired) electrons. The van der Waals surface area contributed by atoms with E-state index in [0.29, 0.717) is 5.52 Å². The van der Waals surface area contributed by atoms with E-state index >= 15 is 0 Å². The van der Waals surface area contributed by atoms with Crippen molar-refractivity contribution in [2.24, 2.45) is 0 Å². The maximum Gasteiger partial charge on any atom is 0.263 e. The molecular formula is C30H37N5O2S. The Kier molecular flexibility index (Phi) is 9.65. The lowest BCUT2D eigenvalue weighted by molar-refractivity contribution is 0.581. The SMILES string of the molecule is CCCCCCCCCCNc1ccc(S(=O)(=O)Nc2ccc3cc(-c4ncccc4C)ncc3n2)cc1. The summed E-state index contributed by atoms with van der Waals surface area (Å²) in [5.74, 6) is 0.248. The van der Waals surface area contributed by atoms with Gasteiger partial charge >= 0.3 is 0 Å². The van der Waals surface area contributed by atoms with E-state index in [1.54, 1.807) is 42.7 Å². The van der Waals surface area contributed by atoms with E-state index in [4.69, 9.17) is 0 Å². The summed E-state index contributed by atoms with van der Waals surface area (Å²) in [5.41, 5.74) is 4.12. The summed E-state index contributed by atoms with van der Waals surface area (Å²) in [6.45, 7) is 5.12. The molecule has 0 spiro atoms. The monoisotopic (exact) mass is 531 g/mol. The van der Waals surface area contributed by atoms with Crippen LogP contribution in [0.25, 0.3) is 22.3 Å². The number of fused-ring (bicyclic) bond motifs is 1. The lowest BCUT2D eigenvalue weighted by Gasteiger charge is -2.10. The van der Waals surface area contributed by atoms with Crippen LogP contribution in [0.3, 0.4) is 0 Å². The second-order valence-electron chi connectivity index (χ2n) is 9.66. The Hall–Kier alpha value is -3.52. The first kappa shape index (κ1) is 27.5. The van der Waals surface area contributed by atoms with Crippen LogP contribution in [-0.4, -0.2) is 29.9 Å². The highest BCUT2D eigenvalue weighted by atomic mass is 32.2. The Morgan fingerprint density at radius 3 is 2.32 bits per heavy atom. The van der Waals surface area contributed by atoms with Gasteiger partial charge in [0.15, 0.2) is 0 Å². The van der Waals surface area contributed by atoms with Gasteiger partial charge in [0.05, 0.1) is 28.0 Å². The minimum absolute atomic E-state index is 0.191. The lowest BCUT2D eigenvalue weighted by atomic mass is 10.1. The van der Waals surface area contributed by atoms with Crippen molar-refractivity contribution in [3.05, 3.63) is 72.6 Å². The van der Waals surface area contributed by atoms with Crippen LogP contribution in [-0.2, 0) is 10.0 Å². The molecular weight excluding hydrogens is 494 g/mol. The first-order valence-corrected chi connectivity index (χ1v) is 15.0. The normalized spacial score (nSPS) is 11.5. The highest BCUT2D eigenvalue weighted by Gasteiger charge is 2.15. The molecule has 38 heavy (non-hydrogen) atoms. The molecule has 0 aliphatic heterocycles. The van der Waals surface area contributed by atoms with Gasteiger partial charge in [-0.1, -0.05) is 57.9 Å². The summed E-state index contributed by atoms with van der Waals surface area (Å²) in [4.78, 5) is 13.6. The number of nitrogens with zero attached hydrogens (tertiary/aromatic N) is 3. The van der Waals surface area contributed by atoms with E-state index in [0.717, 1.165) is 41.0 Å². The second-order valence-corrected chi connectivity index (χ2v) is 11.3. The third kappa shape index (κ3) is 7.51. The molecule has 3 heterocycles. The number of benzene rings is 1. The Bertz CT molecular complexity index is 1440. The van der Waals surface area contributed by atoms with Gasteiger partial charge in [-0.3, -0.25) is 14.7 Å². The van der Waals surface area contributed by atoms with E-state index < -0.39 is 10.0 Å². The van der Waals surface area contributed by atoms with Crippen LogP contribution in [0.1, 0.15) is 63.9 Å². The van der Waals surface area contributed by atoms with E-state index in [-0.39, 0.29) is 10.7 Å². The number of aryl methyl sites for hydroxylation is 1. The van der Waals surface area contributed by atoms with Gasteiger partial charge in [0.1, 0.15) is 5.82 Å². The Morgan fingerprint density at radius 2 is 1.58 bits per heavy atom. The Balaban J connectivity index is 1.31. The Labute approximate surface area is 226 Å². The van der Waals surface area contributed by atoms with Crippen LogP contribution in [0.2, 0.25) is 0 Å². The molecule has 8 heteroatoms. The van der Waals surface area contributed by atoms with Gasteiger partial charge in [0, 0.05) is 23.8 Å². The number of hydrogen-bond donors (Lipinski definition) is 2. The van der Waals surface area contributed by atoms with Crippen molar-refractivity contribution >= 4 is 32.4 Å². The quantitative estimate of drug-likeness (QED) is 0.165. The van der Waals surface area contributed by atoms with Crippen molar-refractivity contribution in [1.82, 2.24) is 15.0 Å². The van der Waals surface area contributed by atoms with Crippen molar-refractivity contribution in [3.8, 4) is 11.4 Å². The number of pyridine rings is 3. The van der Waals surface area contributed by atoms with Gasteiger partial charge in [-0.2, -0.15) is 0 Å². The van der Waals surface area contributed by atoms with Gasteiger partial charge in [-0.15, -0.1) is 0 Å². The van der Waals surface area contributed by atoms with Gasteiger partial charge in [-0.05, 0) is 67.4 Å². The predicted octanol–water partition coefficient (Wildman–Crippen LogP) is 7.35. The third-order valence-corrected chi connectivity index (χ3v) is 7.96. The zero-order chi connectivity index (χ0) is 26.8. The number of anilines is 2. The summed E-state index contributed by atoms with van der Waals surface area (Å²) in [6, 6.07) is 16.1. The zero-order valence-corrected chi connectivity index (χ0v) is 23.1. The van der Waals surface area contributed by atoms with Crippen LogP contribution >= 0.6 is 0 Å². The third-order valence-electron chi connectivity index (χ3n) is 6.59. The van der Waals surface area contributed by atoms with E-state index in [1.165, 1.54) is 44.9 Å². The molecule has 200 valence electrons. The highest BCUT2D eigenvalue weighted by Crippen LogP contribution is 2.24. The molecule has 4 aromatic rings. The summed E-state index contributed by atoms with van der Waals surface area (Å²) in [6.07, 6.45) is 13.6. The number of nitrogens with one attached hydrogen (secondary N) is 2. The Morgan fingerprint density at radius 1 is 0.842 bits per heavy atom.